The van der Waals surface area contributed by atoms with E-state index in [2.05, 4.69) is 5.43 Å². The lowest BCUT2D eigenvalue weighted by Crippen LogP contribution is -2.49. The third kappa shape index (κ3) is 2.10. The van der Waals surface area contributed by atoms with E-state index in [4.69, 9.17) is 5.84 Å². The Kier molecular flexibility index (Phi) is 3.25. The largest absolute Gasteiger partial charge is 0.281 e. The summed E-state index contributed by atoms with van der Waals surface area (Å²) in [5.41, 5.74) is 2.47. The molecule has 1 heterocycles. The number of hydrogen-bond donors (Lipinski definition) is 2. The van der Waals surface area contributed by atoms with Gasteiger partial charge in [0.05, 0.1) is 0 Å². The molecule has 2 aliphatic rings. The highest BCUT2D eigenvalue weighted by molar-refractivity contribution is 5.98. The normalized spacial score (nSPS) is 24.4. The molecular formula is C11H19N3O2. The van der Waals surface area contributed by atoms with E-state index in [9.17, 15) is 9.59 Å². The molecule has 1 aliphatic heterocycles. The topological polar surface area (TPSA) is 75.4 Å². The molecule has 0 bridgehead atoms. The second kappa shape index (κ2) is 4.51. The lowest BCUT2D eigenvalue weighted by molar-refractivity contribution is -0.153. The summed E-state index contributed by atoms with van der Waals surface area (Å²) in [7, 11) is 0. The molecule has 0 aromatic carbocycles. The second-order valence-electron chi connectivity index (χ2n) is 4.95. The molecule has 1 saturated carbocycles. The van der Waals surface area contributed by atoms with Crippen molar-refractivity contribution in [2.24, 2.45) is 11.3 Å². The summed E-state index contributed by atoms with van der Waals surface area (Å²) < 4.78 is 0. The highest BCUT2D eigenvalue weighted by atomic mass is 16.2. The van der Waals surface area contributed by atoms with Crippen LogP contribution in [-0.4, -0.2) is 29.8 Å². The third-order valence-electron chi connectivity index (χ3n) is 3.80. The van der Waals surface area contributed by atoms with Crippen LogP contribution in [0.25, 0.3) is 0 Å². The van der Waals surface area contributed by atoms with Crippen molar-refractivity contribution in [1.29, 1.82) is 0 Å². The molecule has 2 rings (SSSR count). The first-order valence-corrected chi connectivity index (χ1v) is 5.94. The van der Waals surface area contributed by atoms with Crippen LogP contribution in [0.15, 0.2) is 0 Å². The van der Waals surface area contributed by atoms with Crippen LogP contribution in [-0.2, 0) is 9.59 Å². The molecule has 0 unspecified atom stereocenters. The molecule has 0 atom stereocenters. The Morgan fingerprint density at radius 3 is 2.25 bits per heavy atom. The molecular weight excluding hydrogens is 206 g/mol. The molecule has 1 spiro atoms. The van der Waals surface area contributed by atoms with Crippen molar-refractivity contribution in [3.63, 3.8) is 0 Å². The molecule has 2 amide bonds. The maximum absolute atomic E-state index is 11.9. The number of carbonyl (C=O) groups excluding carboxylic acids is 2. The Balaban J connectivity index is 2.01. The number of hydrazine groups is 1. The minimum Gasteiger partial charge on any atom is -0.281 e. The van der Waals surface area contributed by atoms with Crippen molar-refractivity contribution in [1.82, 2.24) is 10.3 Å². The third-order valence-corrected chi connectivity index (χ3v) is 3.80. The molecule has 0 radical (unpaired) electrons. The van der Waals surface area contributed by atoms with Gasteiger partial charge in [-0.15, -0.1) is 0 Å². The smallest absolute Gasteiger partial charge is 0.229 e. The molecule has 2 fully saturated rings. The van der Waals surface area contributed by atoms with Crippen LogP contribution in [0, 0.1) is 5.41 Å². The number of carbonyl (C=O) groups is 2. The number of imide groups is 1. The lowest BCUT2D eigenvalue weighted by Gasteiger charge is -2.37. The van der Waals surface area contributed by atoms with Gasteiger partial charge in [-0.25, -0.2) is 0 Å². The van der Waals surface area contributed by atoms with Crippen LogP contribution in [0.1, 0.15) is 38.5 Å². The van der Waals surface area contributed by atoms with Gasteiger partial charge in [0, 0.05) is 25.9 Å². The summed E-state index contributed by atoms with van der Waals surface area (Å²) in [6, 6.07) is 0. The van der Waals surface area contributed by atoms with Crippen LogP contribution in [0.3, 0.4) is 0 Å². The summed E-state index contributed by atoms with van der Waals surface area (Å²) in [5.74, 6) is 5.11. The number of rotatable bonds is 3. The van der Waals surface area contributed by atoms with Gasteiger partial charge in [0.2, 0.25) is 11.8 Å². The number of nitrogens with two attached hydrogens (primary N) is 1. The van der Waals surface area contributed by atoms with E-state index < -0.39 is 0 Å². The maximum atomic E-state index is 11.9. The average molecular weight is 225 g/mol. The predicted molar refractivity (Wildman–Crippen MR) is 59.0 cm³/mol. The van der Waals surface area contributed by atoms with E-state index in [0.29, 0.717) is 25.9 Å². The first-order valence-electron chi connectivity index (χ1n) is 5.94. The fraction of sp³-hybridized carbons (Fsp3) is 0.818. The zero-order chi connectivity index (χ0) is 11.6. The average Bonchev–Trinajstić information content (AvgIpc) is 2.65. The minimum absolute atomic E-state index is 0.000803. The number of piperidine rings is 1. The van der Waals surface area contributed by atoms with Gasteiger partial charge in [-0.3, -0.25) is 25.8 Å². The van der Waals surface area contributed by atoms with Gasteiger partial charge in [-0.1, -0.05) is 12.8 Å². The predicted octanol–water partition coefficient (Wildman–Crippen LogP) is 0.159. The van der Waals surface area contributed by atoms with E-state index in [1.807, 2.05) is 0 Å². The van der Waals surface area contributed by atoms with Gasteiger partial charge in [0.1, 0.15) is 0 Å². The van der Waals surface area contributed by atoms with Crippen molar-refractivity contribution in [2.45, 2.75) is 38.5 Å². The summed E-state index contributed by atoms with van der Waals surface area (Å²) >= 11 is 0. The Bertz CT molecular complexity index is 278. The van der Waals surface area contributed by atoms with Gasteiger partial charge in [-0.2, -0.15) is 0 Å². The van der Waals surface area contributed by atoms with Gasteiger partial charge < -0.3 is 0 Å². The fourth-order valence-electron chi connectivity index (χ4n) is 2.94. The van der Waals surface area contributed by atoms with Gasteiger partial charge in [0.15, 0.2) is 0 Å². The van der Waals surface area contributed by atoms with Crippen LogP contribution in [0.5, 0.6) is 0 Å². The van der Waals surface area contributed by atoms with E-state index in [0.717, 1.165) is 25.7 Å². The zero-order valence-electron chi connectivity index (χ0n) is 9.50. The number of hydrogen-bond acceptors (Lipinski definition) is 4. The molecule has 90 valence electrons. The van der Waals surface area contributed by atoms with Crippen molar-refractivity contribution < 1.29 is 9.59 Å². The van der Waals surface area contributed by atoms with Gasteiger partial charge in [-0.05, 0) is 18.3 Å². The van der Waals surface area contributed by atoms with E-state index in [1.165, 1.54) is 4.90 Å². The van der Waals surface area contributed by atoms with E-state index in [1.54, 1.807) is 0 Å². The first-order chi connectivity index (χ1) is 7.67. The van der Waals surface area contributed by atoms with Crippen LogP contribution in [0.4, 0.5) is 0 Å². The number of likely N-dealkylation sites (tertiary alicyclic amines) is 1. The summed E-state index contributed by atoms with van der Waals surface area (Å²) in [6.45, 7) is 0.856. The van der Waals surface area contributed by atoms with Crippen LogP contribution < -0.4 is 11.3 Å². The highest BCUT2D eigenvalue weighted by Crippen LogP contribution is 2.46. The fourth-order valence-corrected chi connectivity index (χ4v) is 2.94. The van der Waals surface area contributed by atoms with Gasteiger partial charge in [0.25, 0.3) is 0 Å². The summed E-state index contributed by atoms with van der Waals surface area (Å²) in [4.78, 5) is 25.2. The number of nitrogens with zero attached hydrogens (tertiary/aromatic N) is 1. The Morgan fingerprint density at radius 2 is 1.75 bits per heavy atom. The summed E-state index contributed by atoms with van der Waals surface area (Å²) in [5, 5.41) is 0. The van der Waals surface area contributed by atoms with Crippen molar-refractivity contribution >= 4 is 11.8 Å². The van der Waals surface area contributed by atoms with Crippen molar-refractivity contribution in [2.75, 3.05) is 13.1 Å². The van der Waals surface area contributed by atoms with E-state index in [-0.39, 0.29) is 17.2 Å². The Morgan fingerprint density at radius 1 is 1.19 bits per heavy atom. The molecule has 0 aromatic heterocycles. The summed E-state index contributed by atoms with van der Waals surface area (Å²) in [6.07, 6.45) is 5.48. The Hall–Kier alpha value is -0.940. The molecule has 5 heteroatoms. The molecule has 1 aliphatic carbocycles. The molecule has 0 aromatic rings. The minimum atomic E-state index is -0.0200. The molecule has 16 heavy (non-hydrogen) atoms. The monoisotopic (exact) mass is 225 g/mol. The molecule has 1 saturated heterocycles. The second-order valence-corrected chi connectivity index (χ2v) is 4.95. The van der Waals surface area contributed by atoms with Crippen molar-refractivity contribution in [3.05, 3.63) is 0 Å². The Labute approximate surface area is 95.3 Å². The van der Waals surface area contributed by atoms with Crippen molar-refractivity contribution in [3.8, 4) is 0 Å². The lowest BCUT2D eigenvalue weighted by atomic mass is 9.76. The molecule has 3 N–H and O–H groups in total. The quantitative estimate of drug-likeness (QED) is 0.407. The number of amides is 2. The molecule has 5 nitrogen and oxygen atoms in total. The van der Waals surface area contributed by atoms with Crippen LogP contribution in [0.2, 0.25) is 0 Å². The number of nitrogens with one attached hydrogen (secondary N) is 1. The standard InChI is InChI=1S/C11H19N3O2/c12-13-5-6-14-9(15)7-11(8-10(14)16)3-1-2-4-11/h13H,1-8,12H2. The zero-order valence-corrected chi connectivity index (χ0v) is 9.50. The maximum Gasteiger partial charge on any atom is 0.229 e. The van der Waals surface area contributed by atoms with E-state index >= 15 is 0 Å². The highest BCUT2D eigenvalue weighted by Gasteiger charge is 2.44. The van der Waals surface area contributed by atoms with Gasteiger partial charge >= 0.3 is 0 Å². The first kappa shape index (κ1) is 11.5. The van der Waals surface area contributed by atoms with Crippen LogP contribution >= 0.6 is 0 Å². The SMILES string of the molecule is NNCCN1C(=O)CC2(CCCC2)CC1=O.